The zero-order valence-corrected chi connectivity index (χ0v) is 20.0. The number of likely N-dealkylation sites (N-methyl/N-ethyl adjacent to an activating group) is 1. The van der Waals surface area contributed by atoms with Crippen LogP contribution < -0.4 is 11.1 Å². The molecule has 0 bridgehead atoms. The SMILES string of the molecule is C=C/C=C(C)\C=C/CC1=C(c2cccc(NC3CCCCC3)n2)N2C=CC(CN)=CC2N1C. The number of nitrogens with one attached hydrogen (secondary N) is 1. The molecule has 3 heterocycles. The summed E-state index contributed by atoms with van der Waals surface area (Å²) in [5.41, 5.74) is 11.7. The van der Waals surface area contributed by atoms with Crippen LogP contribution in [0.4, 0.5) is 5.82 Å². The Morgan fingerprint density at radius 3 is 2.85 bits per heavy atom. The van der Waals surface area contributed by atoms with Crippen LogP contribution in [0.3, 0.4) is 0 Å². The first-order valence-corrected chi connectivity index (χ1v) is 12.1. The van der Waals surface area contributed by atoms with Crippen LogP contribution in [0.2, 0.25) is 0 Å². The monoisotopic (exact) mass is 443 g/mol. The van der Waals surface area contributed by atoms with Crippen LogP contribution in [0.15, 0.2) is 84.3 Å². The number of allylic oxidation sites excluding steroid dienone is 5. The number of nitrogens with zero attached hydrogens (tertiary/aromatic N) is 3. The van der Waals surface area contributed by atoms with E-state index in [1.165, 1.54) is 43.4 Å². The third-order valence-corrected chi connectivity index (χ3v) is 6.71. The highest BCUT2D eigenvalue weighted by Crippen LogP contribution is 2.39. The summed E-state index contributed by atoms with van der Waals surface area (Å²) < 4.78 is 0. The van der Waals surface area contributed by atoms with Gasteiger partial charge in [-0.1, -0.05) is 61.8 Å². The minimum absolute atomic E-state index is 0.119. The van der Waals surface area contributed by atoms with Crippen molar-refractivity contribution in [2.24, 2.45) is 5.73 Å². The van der Waals surface area contributed by atoms with E-state index in [9.17, 15) is 0 Å². The van der Waals surface area contributed by atoms with Crippen molar-refractivity contribution in [3.05, 3.63) is 90.0 Å². The molecule has 1 aromatic rings. The van der Waals surface area contributed by atoms with Gasteiger partial charge in [-0.25, -0.2) is 4.98 Å². The standard InChI is InChI=1S/C28H37N5/c1-4-10-21(2)11-8-15-25-28(33-18-17-22(20-29)19-27(33)32(25)3)24-14-9-16-26(31-24)30-23-12-6-5-7-13-23/h4,8-11,14,16-19,23,27H,1,5-7,12-13,15,20,29H2,2-3H3,(H,30,31)/b11-8-,21-10-. The van der Waals surface area contributed by atoms with E-state index in [1.807, 2.05) is 12.2 Å². The van der Waals surface area contributed by atoms with Gasteiger partial charge in [0.15, 0.2) is 0 Å². The number of anilines is 1. The predicted molar refractivity (Wildman–Crippen MR) is 139 cm³/mol. The van der Waals surface area contributed by atoms with Crippen molar-refractivity contribution in [1.29, 1.82) is 0 Å². The van der Waals surface area contributed by atoms with E-state index >= 15 is 0 Å². The topological polar surface area (TPSA) is 57.4 Å². The fourth-order valence-corrected chi connectivity index (χ4v) is 4.93. The third-order valence-electron chi connectivity index (χ3n) is 6.71. The minimum Gasteiger partial charge on any atom is -0.367 e. The molecule has 0 radical (unpaired) electrons. The van der Waals surface area contributed by atoms with Gasteiger partial charge < -0.3 is 20.9 Å². The van der Waals surface area contributed by atoms with E-state index in [0.29, 0.717) is 12.6 Å². The van der Waals surface area contributed by atoms with Gasteiger partial charge in [-0.3, -0.25) is 0 Å². The van der Waals surface area contributed by atoms with Crippen LogP contribution in [-0.4, -0.2) is 40.6 Å². The first-order chi connectivity index (χ1) is 16.1. The van der Waals surface area contributed by atoms with E-state index < -0.39 is 0 Å². The van der Waals surface area contributed by atoms with Gasteiger partial charge in [0.25, 0.3) is 0 Å². The van der Waals surface area contributed by atoms with Gasteiger partial charge in [0.05, 0.1) is 11.4 Å². The lowest BCUT2D eigenvalue weighted by Gasteiger charge is -2.31. The second-order valence-electron chi connectivity index (χ2n) is 9.13. The molecule has 3 aliphatic rings. The summed E-state index contributed by atoms with van der Waals surface area (Å²) in [4.78, 5) is 9.73. The Morgan fingerprint density at radius 2 is 2.09 bits per heavy atom. The zero-order valence-electron chi connectivity index (χ0n) is 20.0. The second-order valence-corrected chi connectivity index (χ2v) is 9.13. The van der Waals surface area contributed by atoms with Gasteiger partial charge in [0, 0.05) is 38.0 Å². The van der Waals surface area contributed by atoms with Crippen LogP contribution >= 0.6 is 0 Å². The Bertz CT molecular complexity index is 1010. The molecule has 1 saturated carbocycles. The van der Waals surface area contributed by atoms with Gasteiger partial charge in [0.2, 0.25) is 0 Å². The molecule has 1 aromatic heterocycles. The molecule has 5 nitrogen and oxygen atoms in total. The second kappa shape index (κ2) is 10.7. The first-order valence-electron chi connectivity index (χ1n) is 12.1. The quantitative estimate of drug-likeness (QED) is 0.515. The van der Waals surface area contributed by atoms with E-state index in [0.717, 1.165) is 29.2 Å². The van der Waals surface area contributed by atoms with Crippen LogP contribution in [0, 0.1) is 0 Å². The van der Waals surface area contributed by atoms with Crippen molar-refractivity contribution in [3.8, 4) is 0 Å². The smallest absolute Gasteiger partial charge is 0.126 e. The number of hydrogen-bond acceptors (Lipinski definition) is 5. The molecular formula is C28H37N5. The Balaban J connectivity index is 1.66. The molecule has 1 fully saturated rings. The number of hydrogen-bond donors (Lipinski definition) is 2. The van der Waals surface area contributed by atoms with Gasteiger partial charge in [-0.15, -0.1) is 0 Å². The van der Waals surface area contributed by atoms with Crippen LogP contribution in [0.25, 0.3) is 5.70 Å². The van der Waals surface area contributed by atoms with Crippen molar-refractivity contribution >= 4 is 11.5 Å². The summed E-state index contributed by atoms with van der Waals surface area (Å²) >= 11 is 0. The van der Waals surface area contributed by atoms with E-state index in [4.69, 9.17) is 10.7 Å². The molecule has 5 heteroatoms. The van der Waals surface area contributed by atoms with E-state index in [1.54, 1.807) is 0 Å². The lowest BCUT2D eigenvalue weighted by Crippen LogP contribution is -2.36. The maximum atomic E-state index is 5.95. The number of rotatable bonds is 8. The van der Waals surface area contributed by atoms with Crippen LogP contribution in [0.1, 0.15) is 51.1 Å². The highest BCUT2D eigenvalue weighted by atomic mass is 15.4. The average Bonchev–Trinajstić information content (AvgIpc) is 3.11. The van der Waals surface area contributed by atoms with Crippen molar-refractivity contribution in [2.75, 3.05) is 18.9 Å². The normalized spacial score (nSPS) is 21.6. The van der Waals surface area contributed by atoms with E-state index in [2.05, 4.69) is 84.4 Å². The fourth-order valence-electron chi connectivity index (χ4n) is 4.93. The maximum Gasteiger partial charge on any atom is 0.126 e. The van der Waals surface area contributed by atoms with Gasteiger partial charge in [0.1, 0.15) is 12.0 Å². The van der Waals surface area contributed by atoms with Gasteiger partial charge in [-0.05, 0) is 49.6 Å². The lowest BCUT2D eigenvalue weighted by atomic mass is 9.95. The summed E-state index contributed by atoms with van der Waals surface area (Å²) in [5, 5.41) is 3.69. The summed E-state index contributed by atoms with van der Waals surface area (Å²) in [5.74, 6) is 0.969. The molecule has 2 aliphatic heterocycles. The average molecular weight is 444 g/mol. The van der Waals surface area contributed by atoms with Gasteiger partial charge in [-0.2, -0.15) is 0 Å². The third kappa shape index (κ3) is 5.31. The Kier molecular flexibility index (Phi) is 7.50. The Morgan fingerprint density at radius 1 is 1.27 bits per heavy atom. The summed E-state index contributed by atoms with van der Waals surface area (Å²) in [6, 6.07) is 6.87. The lowest BCUT2D eigenvalue weighted by molar-refractivity contribution is 0.264. The van der Waals surface area contributed by atoms with Gasteiger partial charge >= 0.3 is 0 Å². The van der Waals surface area contributed by atoms with E-state index in [-0.39, 0.29) is 6.17 Å². The van der Waals surface area contributed by atoms with Crippen molar-refractivity contribution in [2.45, 2.75) is 57.7 Å². The number of aromatic nitrogens is 1. The largest absolute Gasteiger partial charge is 0.367 e. The molecule has 174 valence electrons. The Labute approximate surface area is 198 Å². The summed E-state index contributed by atoms with van der Waals surface area (Å²) in [6.07, 6.45) is 22.1. The molecule has 0 aromatic carbocycles. The van der Waals surface area contributed by atoms with Crippen molar-refractivity contribution in [3.63, 3.8) is 0 Å². The summed E-state index contributed by atoms with van der Waals surface area (Å²) in [7, 11) is 2.16. The molecule has 4 rings (SSSR count). The van der Waals surface area contributed by atoms with Crippen LogP contribution in [0.5, 0.6) is 0 Å². The van der Waals surface area contributed by atoms with Crippen molar-refractivity contribution < 1.29 is 0 Å². The number of nitrogens with two attached hydrogens (primary N) is 1. The highest BCUT2D eigenvalue weighted by molar-refractivity contribution is 5.70. The number of fused-ring (bicyclic) bond motifs is 1. The minimum atomic E-state index is 0.119. The molecule has 33 heavy (non-hydrogen) atoms. The molecule has 3 N–H and O–H groups in total. The highest BCUT2D eigenvalue weighted by Gasteiger charge is 2.36. The fraction of sp³-hybridized carbons (Fsp3) is 0.393. The zero-order chi connectivity index (χ0) is 23.2. The molecule has 0 saturated heterocycles. The van der Waals surface area contributed by atoms with Crippen molar-refractivity contribution in [1.82, 2.24) is 14.8 Å². The predicted octanol–water partition coefficient (Wildman–Crippen LogP) is 5.56. The maximum absolute atomic E-state index is 5.95. The molecule has 1 atom stereocenters. The van der Waals surface area contributed by atoms with Crippen LogP contribution in [-0.2, 0) is 0 Å². The first kappa shape index (κ1) is 23.1. The Hall–Kier alpha value is -3.05. The summed E-state index contributed by atoms with van der Waals surface area (Å²) in [6.45, 7) is 6.43. The molecule has 1 aliphatic carbocycles. The number of pyridine rings is 1. The molecule has 0 amide bonds. The molecule has 0 spiro atoms. The molecule has 1 unspecified atom stereocenters. The molecular weight excluding hydrogens is 406 g/mol.